The third kappa shape index (κ3) is 2.70. The lowest BCUT2D eigenvalue weighted by Gasteiger charge is -2.29. The van der Waals surface area contributed by atoms with Crippen molar-refractivity contribution in [1.29, 1.82) is 0 Å². The number of benzene rings is 1. The summed E-state index contributed by atoms with van der Waals surface area (Å²) in [6.07, 6.45) is 0.550. The summed E-state index contributed by atoms with van der Waals surface area (Å²) in [5.41, 5.74) is 2.00. The van der Waals surface area contributed by atoms with Crippen LogP contribution in [0, 0.1) is 10.1 Å². The fourth-order valence-electron chi connectivity index (χ4n) is 2.27. The number of para-hydroxylation sites is 1. The second-order valence-corrected chi connectivity index (χ2v) is 4.63. The number of anilines is 1. The number of aliphatic hydroxyl groups excluding tert-OH is 1. The highest BCUT2D eigenvalue weighted by Gasteiger charge is 2.29. The topological polar surface area (TPSA) is 122 Å². The second-order valence-electron chi connectivity index (χ2n) is 4.63. The van der Waals surface area contributed by atoms with Gasteiger partial charge >= 0.3 is 5.69 Å². The van der Waals surface area contributed by atoms with Gasteiger partial charge in [0.15, 0.2) is 0 Å². The van der Waals surface area contributed by atoms with Gasteiger partial charge in [0, 0.05) is 13.1 Å². The standard InChI is InChI=1S/C12H16N4O4/c13-14-10-3-1-2-9(11(10)16(19)20)12(18)15-6-4-8(17)5-7-15/h1-3,8,14,17H,4-7,13H2. The molecule has 20 heavy (non-hydrogen) atoms. The van der Waals surface area contributed by atoms with Crippen LogP contribution in [0.15, 0.2) is 18.2 Å². The van der Waals surface area contributed by atoms with Crippen molar-refractivity contribution in [2.45, 2.75) is 18.9 Å². The molecule has 1 aliphatic rings. The van der Waals surface area contributed by atoms with E-state index in [-0.39, 0.29) is 16.9 Å². The molecule has 0 atom stereocenters. The lowest BCUT2D eigenvalue weighted by Crippen LogP contribution is -2.40. The number of hydrogen-bond acceptors (Lipinski definition) is 6. The third-order valence-corrected chi connectivity index (χ3v) is 3.36. The minimum atomic E-state index is -0.624. The first-order chi connectivity index (χ1) is 9.54. The number of carbonyl (C=O) groups excluding carboxylic acids is 1. The van der Waals surface area contributed by atoms with Crippen molar-refractivity contribution < 1.29 is 14.8 Å². The van der Waals surface area contributed by atoms with Gasteiger partial charge in [0.05, 0.1) is 11.0 Å². The van der Waals surface area contributed by atoms with E-state index >= 15 is 0 Å². The van der Waals surface area contributed by atoms with Crippen LogP contribution in [0.3, 0.4) is 0 Å². The molecular formula is C12H16N4O4. The Kier molecular flexibility index (Phi) is 4.16. The Morgan fingerprint density at radius 3 is 2.65 bits per heavy atom. The zero-order valence-corrected chi connectivity index (χ0v) is 10.8. The van der Waals surface area contributed by atoms with Crippen LogP contribution in [0.4, 0.5) is 11.4 Å². The molecule has 2 rings (SSSR count). The molecule has 1 aromatic rings. The summed E-state index contributed by atoms with van der Waals surface area (Å²) in [4.78, 5) is 24.4. The van der Waals surface area contributed by atoms with Crippen molar-refractivity contribution >= 4 is 17.3 Å². The van der Waals surface area contributed by atoms with Gasteiger partial charge in [-0.1, -0.05) is 6.07 Å². The van der Waals surface area contributed by atoms with E-state index in [1.807, 2.05) is 0 Å². The van der Waals surface area contributed by atoms with E-state index in [4.69, 9.17) is 5.84 Å². The minimum Gasteiger partial charge on any atom is -0.393 e. The molecule has 4 N–H and O–H groups in total. The summed E-state index contributed by atoms with van der Waals surface area (Å²) in [7, 11) is 0. The molecule has 0 saturated carbocycles. The van der Waals surface area contributed by atoms with E-state index in [0.29, 0.717) is 25.9 Å². The highest BCUT2D eigenvalue weighted by atomic mass is 16.6. The monoisotopic (exact) mass is 280 g/mol. The fourth-order valence-corrected chi connectivity index (χ4v) is 2.27. The number of aliphatic hydroxyl groups is 1. The van der Waals surface area contributed by atoms with Crippen LogP contribution < -0.4 is 11.3 Å². The molecular weight excluding hydrogens is 264 g/mol. The Morgan fingerprint density at radius 1 is 1.45 bits per heavy atom. The second kappa shape index (κ2) is 5.85. The maximum absolute atomic E-state index is 12.4. The van der Waals surface area contributed by atoms with Gasteiger partial charge in [-0.05, 0) is 25.0 Å². The first-order valence-corrected chi connectivity index (χ1v) is 6.26. The molecule has 0 bridgehead atoms. The Balaban J connectivity index is 2.32. The van der Waals surface area contributed by atoms with E-state index in [9.17, 15) is 20.0 Å². The first-order valence-electron chi connectivity index (χ1n) is 6.26. The lowest BCUT2D eigenvalue weighted by atomic mass is 10.1. The largest absolute Gasteiger partial charge is 0.393 e. The number of nitrogen functional groups attached to an aromatic ring is 1. The molecule has 1 fully saturated rings. The van der Waals surface area contributed by atoms with Crippen molar-refractivity contribution in [1.82, 2.24) is 4.90 Å². The third-order valence-electron chi connectivity index (χ3n) is 3.36. The van der Waals surface area contributed by atoms with Crippen molar-refractivity contribution in [3.63, 3.8) is 0 Å². The number of hydrogen-bond donors (Lipinski definition) is 3. The van der Waals surface area contributed by atoms with E-state index in [2.05, 4.69) is 5.43 Å². The van der Waals surface area contributed by atoms with Gasteiger partial charge in [-0.2, -0.15) is 0 Å². The normalized spacial score (nSPS) is 16.0. The van der Waals surface area contributed by atoms with Gasteiger partial charge in [0.25, 0.3) is 5.91 Å². The number of nitro benzene ring substituents is 1. The lowest BCUT2D eigenvalue weighted by molar-refractivity contribution is -0.384. The molecule has 0 unspecified atom stereocenters. The SMILES string of the molecule is NNc1cccc(C(=O)N2CCC(O)CC2)c1[N+](=O)[O-]. The van der Waals surface area contributed by atoms with Crippen molar-refractivity contribution in [2.24, 2.45) is 5.84 Å². The fraction of sp³-hybridized carbons (Fsp3) is 0.417. The van der Waals surface area contributed by atoms with Gasteiger partial charge in [-0.25, -0.2) is 0 Å². The smallest absolute Gasteiger partial charge is 0.306 e. The van der Waals surface area contributed by atoms with E-state index in [0.717, 1.165) is 0 Å². The zero-order chi connectivity index (χ0) is 14.7. The summed E-state index contributed by atoms with van der Waals surface area (Å²) in [5, 5.41) is 20.6. The number of carbonyl (C=O) groups is 1. The Bertz CT molecular complexity index is 526. The number of nitrogens with one attached hydrogen (secondary N) is 1. The molecule has 0 radical (unpaired) electrons. The van der Waals surface area contributed by atoms with Crippen LogP contribution in [0.2, 0.25) is 0 Å². The van der Waals surface area contributed by atoms with Gasteiger partial charge < -0.3 is 15.4 Å². The molecule has 1 aliphatic heterocycles. The van der Waals surface area contributed by atoms with Gasteiger partial charge in [-0.15, -0.1) is 0 Å². The molecule has 0 spiro atoms. The zero-order valence-electron chi connectivity index (χ0n) is 10.8. The Morgan fingerprint density at radius 2 is 2.10 bits per heavy atom. The highest BCUT2D eigenvalue weighted by Crippen LogP contribution is 2.29. The minimum absolute atomic E-state index is 0.00170. The Labute approximate surface area is 115 Å². The number of likely N-dealkylation sites (tertiary alicyclic amines) is 1. The molecule has 0 aromatic heterocycles. The van der Waals surface area contributed by atoms with Crippen molar-refractivity contribution in [3.05, 3.63) is 33.9 Å². The van der Waals surface area contributed by atoms with Gasteiger partial charge in [0.1, 0.15) is 11.3 Å². The Hall–Kier alpha value is -2.19. The number of amides is 1. The maximum atomic E-state index is 12.4. The molecule has 8 nitrogen and oxygen atoms in total. The number of nitrogens with two attached hydrogens (primary N) is 1. The van der Waals surface area contributed by atoms with Crippen LogP contribution >= 0.6 is 0 Å². The average Bonchev–Trinajstić information content (AvgIpc) is 2.46. The predicted octanol–water partition coefficient (Wildman–Crippen LogP) is 0.477. The number of nitrogens with zero attached hydrogens (tertiary/aromatic N) is 2. The van der Waals surface area contributed by atoms with E-state index in [1.165, 1.54) is 23.1 Å². The van der Waals surface area contributed by atoms with Gasteiger partial charge in [0.2, 0.25) is 0 Å². The van der Waals surface area contributed by atoms with Crippen molar-refractivity contribution in [2.75, 3.05) is 18.5 Å². The quantitative estimate of drug-likeness (QED) is 0.420. The van der Waals surface area contributed by atoms with Crippen LogP contribution in [0.1, 0.15) is 23.2 Å². The molecule has 1 saturated heterocycles. The molecule has 108 valence electrons. The summed E-state index contributed by atoms with van der Waals surface area (Å²) < 4.78 is 0. The van der Waals surface area contributed by atoms with Crippen LogP contribution in [0.25, 0.3) is 0 Å². The maximum Gasteiger partial charge on any atom is 0.306 e. The van der Waals surface area contributed by atoms with Crippen LogP contribution in [0.5, 0.6) is 0 Å². The van der Waals surface area contributed by atoms with Crippen LogP contribution in [-0.2, 0) is 0 Å². The van der Waals surface area contributed by atoms with Crippen molar-refractivity contribution in [3.8, 4) is 0 Å². The number of hydrazine groups is 1. The molecule has 1 amide bonds. The summed E-state index contributed by atoms with van der Waals surface area (Å²) in [6, 6.07) is 4.38. The molecule has 1 aromatic carbocycles. The van der Waals surface area contributed by atoms with Crippen LogP contribution in [-0.4, -0.2) is 40.0 Å². The summed E-state index contributed by atoms with van der Waals surface area (Å²) in [5.74, 6) is 4.83. The van der Waals surface area contributed by atoms with E-state index < -0.39 is 16.9 Å². The average molecular weight is 280 g/mol. The summed E-state index contributed by atoms with van der Waals surface area (Å²) in [6.45, 7) is 0.773. The molecule has 1 heterocycles. The number of piperidine rings is 1. The van der Waals surface area contributed by atoms with E-state index in [1.54, 1.807) is 0 Å². The highest BCUT2D eigenvalue weighted by molar-refractivity contribution is 6.00. The predicted molar refractivity (Wildman–Crippen MR) is 72.1 cm³/mol. The number of nitro groups is 1. The molecule has 0 aliphatic carbocycles. The van der Waals surface area contributed by atoms with Gasteiger partial charge in [-0.3, -0.25) is 20.8 Å². The number of rotatable bonds is 3. The summed E-state index contributed by atoms with van der Waals surface area (Å²) >= 11 is 0. The first kappa shape index (κ1) is 14.2. The molecule has 8 heteroatoms.